The predicted molar refractivity (Wildman–Crippen MR) is 104 cm³/mol. The van der Waals surface area contributed by atoms with Gasteiger partial charge < -0.3 is 10.1 Å². The maximum absolute atomic E-state index is 12.1. The molecule has 0 atom stereocenters. The van der Waals surface area contributed by atoms with Crippen LogP contribution < -0.4 is 10.1 Å². The number of carbonyl (C=O) groups is 1. The molecule has 0 unspecified atom stereocenters. The summed E-state index contributed by atoms with van der Waals surface area (Å²) >= 11 is 0. The fraction of sp³-hybridized carbons (Fsp3) is 0.286. The van der Waals surface area contributed by atoms with Crippen LogP contribution in [0, 0.1) is 0 Å². The van der Waals surface area contributed by atoms with Gasteiger partial charge in [0.1, 0.15) is 17.9 Å². The molecular formula is C21H24N4O2. The van der Waals surface area contributed by atoms with Crippen LogP contribution in [0.5, 0.6) is 5.75 Å². The van der Waals surface area contributed by atoms with E-state index in [-0.39, 0.29) is 17.9 Å². The van der Waals surface area contributed by atoms with Crippen LogP contribution >= 0.6 is 0 Å². The molecule has 140 valence electrons. The molecule has 6 heteroatoms. The first-order valence-electron chi connectivity index (χ1n) is 8.86. The highest BCUT2D eigenvalue weighted by Crippen LogP contribution is 2.30. The van der Waals surface area contributed by atoms with Crippen LogP contribution in [-0.2, 0) is 16.8 Å². The molecule has 0 saturated carbocycles. The molecule has 0 aliphatic carbocycles. The molecule has 1 N–H and O–H groups in total. The molecule has 3 rings (SSSR count). The van der Waals surface area contributed by atoms with E-state index in [0.29, 0.717) is 6.54 Å². The number of hydrogen-bond acceptors (Lipinski definition) is 4. The molecule has 2 aromatic heterocycles. The maximum Gasteiger partial charge on any atom is 0.258 e. The van der Waals surface area contributed by atoms with E-state index in [2.05, 4.69) is 36.1 Å². The van der Waals surface area contributed by atoms with Gasteiger partial charge in [0, 0.05) is 25.1 Å². The molecule has 0 aliphatic rings. The van der Waals surface area contributed by atoms with Crippen molar-refractivity contribution in [3.05, 3.63) is 72.4 Å². The Hall–Kier alpha value is -3.15. The Balaban J connectivity index is 1.52. The van der Waals surface area contributed by atoms with Crippen LogP contribution in [-0.4, -0.2) is 27.0 Å². The third kappa shape index (κ3) is 4.94. The van der Waals surface area contributed by atoms with E-state index >= 15 is 0 Å². The summed E-state index contributed by atoms with van der Waals surface area (Å²) in [5, 5.41) is 2.86. The molecule has 0 saturated heterocycles. The van der Waals surface area contributed by atoms with E-state index in [1.807, 2.05) is 47.2 Å². The number of para-hydroxylation sites is 1. The van der Waals surface area contributed by atoms with Crippen LogP contribution in [0.2, 0.25) is 0 Å². The van der Waals surface area contributed by atoms with Crippen molar-refractivity contribution in [1.29, 1.82) is 0 Å². The first-order chi connectivity index (χ1) is 12.9. The van der Waals surface area contributed by atoms with Crippen LogP contribution in [0.25, 0.3) is 5.82 Å². The van der Waals surface area contributed by atoms with Gasteiger partial charge in [0.2, 0.25) is 0 Å². The topological polar surface area (TPSA) is 69.0 Å². The third-order valence-electron chi connectivity index (χ3n) is 4.12. The number of pyridine rings is 1. The summed E-state index contributed by atoms with van der Waals surface area (Å²) in [5.41, 5.74) is 1.95. The van der Waals surface area contributed by atoms with Gasteiger partial charge in [-0.25, -0.2) is 9.97 Å². The van der Waals surface area contributed by atoms with Crippen LogP contribution in [0.1, 0.15) is 31.9 Å². The lowest BCUT2D eigenvalue weighted by Crippen LogP contribution is -2.29. The lowest BCUT2D eigenvalue weighted by Gasteiger charge is -2.22. The van der Waals surface area contributed by atoms with E-state index in [4.69, 9.17) is 4.74 Å². The van der Waals surface area contributed by atoms with Gasteiger partial charge in [-0.15, -0.1) is 0 Å². The maximum atomic E-state index is 12.1. The van der Waals surface area contributed by atoms with Gasteiger partial charge >= 0.3 is 0 Å². The molecule has 0 fully saturated rings. The molecule has 0 aliphatic heterocycles. The second-order valence-corrected chi connectivity index (χ2v) is 7.31. The predicted octanol–water partition coefficient (Wildman–Crippen LogP) is 3.26. The van der Waals surface area contributed by atoms with E-state index in [1.165, 1.54) is 0 Å². The van der Waals surface area contributed by atoms with Crippen LogP contribution in [0.15, 0.2) is 61.3 Å². The van der Waals surface area contributed by atoms with Crippen molar-refractivity contribution >= 4 is 5.91 Å². The normalized spacial score (nSPS) is 11.2. The molecule has 27 heavy (non-hydrogen) atoms. The first kappa shape index (κ1) is 18.6. The van der Waals surface area contributed by atoms with Crippen molar-refractivity contribution < 1.29 is 9.53 Å². The fourth-order valence-electron chi connectivity index (χ4n) is 2.68. The second-order valence-electron chi connectivity index (χ2n) is 7.31. The van der Waals surface area contributed by atoms with Crippen molar-refractivity contribution in [2.24, 2.45) is 0 Å². The average Bonchev–Trinajstić information content (AvgIpc) is 3.19. The molecule has 6 nitrogen and oxygen atoms in total. The summed E-state index contributed by atoms with van der Waals surface area (Å²) < 4.78 is 7.57. The number of carbonyl (C=O) groups excluding carboxylic acids is 1. The Morgan fingerprint density at radius 1 is 1.19 bits per heavy atom. The van der Waals surface area contributed by atoms with Crippen molar-refractivity contribution in [3.8, 4) is 11.6 Å². The minimum atomic E-state index is -0.169. The zero-order chi connectivity index (χ0) is 19.3. The zero-order valence-corrected chi connectivity index (χ0v) is 15.8. The van der Waals surface area contributed by atoms with Crippen molar-refractivity contribution in [1.82, 2.24) is 19.9 Å². The van der Waals surface area contributed by atoms with Crippen LogP contribution in [0.4, 0.5) is 0 Å². The smallest absolute Gasteiger partial charge is 0.258 e. The number of ether oxygens (including phenoxy) is 1. The highest BCUT2D eigenvalue weighted by molar-refractivity contribution is 5.77. The van der Waals surface area contributed by atoms with E-state index in [0.717, 1.165) is 22.7 Å². The molecule has 1 aromatic carbocycles. The number of nitrogens with one attached hydrogen (secondary N) is 1. The largest absolute Gasteiger partial charge is 0.483 e. The SMILES string of the molecule is CC(C)(C)c1ccccc1OCC(=O)NCc1ccc(-n2ccnc2)nc1. The van der Waals surface area contributed by atoms with Gasteiger partial charge in [-0.3, -0.25) is 9.36 Å². The number of nitrogens with zero attached hydrogens (tertiary/aromatic N) is 3. The standard InChI is InChI=1S/C21H24N4O2/c1-21(2,3)17-6-4-5-7-18(17)27-14-20(26)24-13-16-8-9-19(23-12-16)25-11-10-22-15-25/h4-12,15H,13-14H2,1-3H3,(H,24,26). The summed E-state index contributed by atoms with van der Waals surface area (Å²) in [5.74, 6) is 1.36. The second kappa shape index (κ2) is 8.03. The Labute approximate surface area is 159 Å². The van der Waals surface area contributed by atoms with Gasteiger partial charge in [-0.05, 0) is 28.7 Å². The van der Waals surface area contributed by atoms with Gasteiger partial charge in [-0.2, -0.15) is 0 Å². The Morgan fingerprint density at radius 2 is 2.00 bits per heavy atom. The van der Waals surface area contributed by atoms with Crippen LogP contribution in [0.3, 0.4) is 0 Å². The summed E-state index contributed by atoms with van der Waals surface area (Å²) in [6.07, 6.45) is 6.96. The minimum absolute atomic E-state index is 0.0202. The van der Waals surface area contributed by atoms with Gasteiger partial charge in [0.05, 0.1) is 0 Å². The zero-order valence-electron chi connectivity index (χ0n) is 15.8. The number of aromatic nitrogens is 3. The average molecular weight is 364 g/mol. The van der Waals surface area contributed by atoms with Gasteiger partial charge in [-0.1, -0.05) is 45.0 Å². The molecule has 0 radical (unpaired) electrons. The molecule has 1 amide bonds. The summed E-state index contributed by atoms with van der Waals surface area (Å²) in [6.45, 7) is 6.75. The number of rotatable bonds is 6. The highest BCUT2D eigenvalue weighted by Gasteiger charge is 2.18. The lowest BCUT2D eigenvalue weighted by atomic mass is 9.86. The van der Waals surface area contributed by atoms with Crippen molar-refractivity contribution in [3.63, 3.8) is 0 Å². The molecular weight excluding hydrogens is 340 g/mol. The van der Waals surface area contributed by atoms with E-state index < -0.39 is 0 Å². The summed E-state index contributed by atoms with van der Waals surface area (Å²) in [7, 11) is 0. The highest BCUT2D eigenvalue weighted by atomic mass is 16.5. The quantitative estimate of drug-likeness (QED) is 0.729. The fourth-order valence-corrected chi connectivity index (χ4v) is 2.68. The monoisotopic (exact) mass is 364 g/mol. The molecule has 0 bridgehead atoms. The molecule has 2 heterocycles. The molecule has 3 aromatic rings. The third-order valence-corrected chi connectivity index (χ3v) is 4.12. The Kier molecular flexibility index (Phi) is 5.54. The Bertz CT molecular complexity index is 881. The number of imidazole rings is 1. The van der Waals surface area contributed by atoms with Crippen molar-refractivity contribution in [2.45, 2.75) is 32.7 Å². The van der Waals surface area contributed by atoms with Gasteiger partial charge in [0.15, 0.2) is 6.61 Å². The van der Waals surface area contributed by atoms with Crippen molar-refractivity contribution in [2.75, 3.05) is 6.61 Å². The number of benzene rings is 1. The Morgan fingerprint density at radius 3 is 2.67 bits per heavy atom. The summed E-state index contributed by atoms with van der Waals surface area (Å²) in [4.78, 5) is 20.5. The van der Waals surface area contributed by atoms with E-state index in [1.54, 1.807) is 18.7 Å². The number of amides is 1. The van der Waals surface area contributed by atoms with Gasteiger partial charge in [0.25, 0.3) is 5.91 Å². The molecule has 0 spiro atoms. The van der Waals surface area contributed by atoms with E-state index in [9.17, 15) is 4.79 Å². The number of hydrogen-bond donors (Lipinski definition) is 1. The lowest BCUT2D eigenvalue weighted by molar-refractivity contribution is -0.123. The minimum Gasteiger partial charge on any atom is -0.483 e. The summed E-state index contributed by atoms with van der Waals surface area (Å²) in [6, 6.07) is 11.6. The first-order valence-corrected chi connectivity index (χ1v) is 8.86.